The van der Waals surface area contributed by atoms with Gasteiger partial charge in [-0.3, -0.25) is 14.8 Å². The third kappa shape index (κ3) is 4.84. The number of benzene rings is 3. The van der Waals surface area contributed by atoms with Crippen LogP contribution in [0.4, 0.5) is 21.5 Å². The van der Waals surface area contributed by atoms with E-state index in [1.165, 1.54) is 37.4 Å². The number of nitrogens with zero attached hydrogens (tertiary/aromatic N) is 1. The molecule has 0 aliphatic carbocycles. The Hall–Kier alpha value is -3.66. The van der Waals surface area contributed by atoms with E-state index in [0.29, 0.717) is 11.3 Å². The summed E-state index contributed by atoms with van der Waals surface area (Å²) in [6.07, 6.45) is 0. The number of hydrogen-bond acceptors (Lipinski definition) is 6. The van der Waals surface area contributed by atoms with E-state index in [4.69, 9.17) is 4.74 Å². The van der Waals surface area contributed by atoms with Gasteiger partial charge in [0.1, 0.15) is 16.5 Å². The highest BCUT2D eigenvalue weighted by molar-refractivity contribution is 7.93. The highest BCUT2D eigenvalue weighted by Gasteiger charge is 2.23. The van der Waals surface area contributed by atoms with Crippen LogP contribution in [0, 0.1) is 15.9 Å². The predicted molar refractivity (Wildman–Crippen MR) is 111 cm³/mol. The van der Waals surface area contributed by atoms with E-state index in [9.17, 15) is 22.9 Å². The van der Waals surface area contributed by atoms with Gasteiger partial charge in [-0.25, -0.2) is 12.8 Å². The summed E-state index contributed by atoms with van der Waals surface area (Å²) in [5, 5.41) is 14.1. The molecule has 0 amide bonds. The molecule has 8 nitrogen and oxygen atoms in total. The summed E-state index contributed by atoms with van der Waals surface area (Å²) < 4.78 is 46.7. The van der Waals surface area contributed by atoms with E-state index in [0.717, 1.165) is 6.07 Å². The van der Waals surface area contributed by atoms with Crippen LogP contribution in [0.2, 0.25) is 0 Å². The lowest BCUT2D eigenvalue weighted by molar-refractivity contribution is -0.385. The van der Waals surface area contributed by atoms with Gasteiger partial charge in [0.15, 0.2) is 0 Å². The number of nitro benzene ring substituents is 1. The summed E-state index contributed by atoms with van der Waals surface area (Å²) in [4.78, 5) is 10.2. The lowest BCUT2D eigenvalue weighted by Gasteiger charge is -2.15. The minimum Gasteiger partial charge on any atom is -0.495 e. The maximum atomic E-state index is 13.1. The molecule has 30 heavy (non-hydrogen) atoms. The molecule has 3 aromatic rings. The van der Waals surface area contributed by atoms with Crippen LogP contribution < -0.4 is 14.8 Å². The zero-order valence-electron chi connectivity index (χ0n) is 15.8. The molecule has 0 saturated heterocycles. The number of nitro groups is 1. The SMILES string of the molecule is COc1ccccc1NS(=O)(=O)c1cc([N+](=O)[O-])ccc1NCc1ccc(F)cc1. The molecule has 0 saturated carbocycles. The summed E-state index contributed by atoms with van der Waals surface area (Å²) >= 11 is 0. The average molecular weight is 431 g/mol. The van der Waals surface area contributed by atoms with Crippen molar-refractivity contribution >= 4 is 27.1 Å². The average Bonchev–Trinajstić information content (AvgIpc) is 2.73. The number of halogens is 1. The normalized spacial score (nSPS) is 11.0. The fraction of sp³-hybridized carbons (Fsp3) is 0.100. The van der Waals surface area contributed by atoms with E-state index in [1.807, 2.05) is 0 Å². The van der Waals surface area contributed by atoms with Crippen LogP contribution in [0.25, 0.3) is 0 Å². The second-order valence-electron chi connectivity index (χ2n) is 6.22. The Balaban J connectivity index is 1.96. The smallest absolute Gasteiger partial charge is 0.270 e. The summed E-state index contributed by atoms with van der Waals surface area (Å²) in [6, 6.07) is 15.6. The number of ether oxygens (including phenoxy) is 1. The summed E-state index contributed by atoms with van der Waals surface area (Å²) in [5.41, 5.74) is 0.682. The Bertz CT molecular complexity index is 1170. The highest BCUT2D eigenvalue weighted by atomic mass is 32.2. The van der Waals surface area contributed by atoms with Gasteiger partial charge in [0.25, 0.3) is 15.7 Å². The molecule has 0 spiro atoms. The molecule has 0 heterocycles. The zero-order chi connectivity index (χ0) is 21.7. The van der Waals surface area contributed by atoms with Gasteiger partial charge >= 0.3 is 0 Å². The van der Waals surface area contributed by atoms with Crippen LogP contribution in [0.3, 0.4) is 0 Å². The fourth-order valence-corrected chi connectivity index (χ4v) is 3.99. The summed E-state index contributed by atoms with van der Waals surface area (Å²) in [6.45, 7) is 0.190. The third-order valence-electron chi connectivity index (χ3n) is 4.21. The quantitative estimate of drug-likeness (QED) is 0.409. The van der Waals surface area contributed by atoms with Crippen molar-refractivity contribution in [1.29, 1.82) is 0 Å². The lowest BCUT2D eigenvalue weighted by Crippen LogP contribution is -2.16. The van der Waals surface area contributed by atoms with E-state index in [1.54, 1.807) is 30.3 Å². The number of nitrogens with one attached hydrogen (secondary N) is 2. The first-order chi connectivity index (χ1) is 14.3. The van der Waals surface area contributed by atoms with Gasteiger partial charge < -0.3 is 10.1 Å². The van der Waals surface area contributed by atoms with Gasteiger partial charge in [0, 0.05) is 18.7 Å². The molecule has 0 radical (unpaired) electrons. The predicted octanol–water partition coefficient (Wildman–Crippen LogP) is 4.16. The van der Waals surface area contributed by atoms with Crippen molar-refractivity contribution in [3.63, 3.8) is 0 Å². The molecule has 0 unspecified atom stereocenters. The molecule has 0 aliphatic rings. The number of para-hydroxylation sites is 2. The van der Waals surface area contributed by atoms with Crippen LogP contribution in [0.1, 0.15) is 5.56 Å². The van der Waals surface area contributed by atoms with E-state index < -0.39 is 20.8 Å². The first-order valence-electron chi connectivity index (χ1n) is 8.73. The third-order valence-corrected chi connectivity index (χ3v) is 5.62. The van der Waals surface area contributed by atoms with Gasteiger partial charge in [0.2, 0.25) is 0 Å². The Morgan fingerprint density at radius 1 is 1.03 bits per heavy atom. The summed E-state index contributed by atoms with van der Waals surface area (Å²) in [7, 11) is -2.80. The molecular weight excluding hydrogens is 413 g/mol. The number of rotatable bonds is 8. The van der Waals surface area contributed by atoms with Gasteiger partial charge in [0.05, 0.1) is 23.4 Å². The molecule has 156 valence electrons. The number of non-ortho nitro benzene ring substituents is 1. The van der Waals surface area contributed by atoms with Crippen molar-refractivity contribution in [2.75, 3.05) is 17.1 Å². The van der Waals surface area contributed by atoms with Gasteiger partial charge in [-0.05, 0) is 35.9 Å². The number of anilines is 2. The van der Waals surface area contributed by atoms with E-state index >= 15 is 0 Å². The second kappa shape index (κ2) is 8.78. The maximum Gasteiger partial charge on any atom is 0.270 e. The summed E-state index contributed by atoms with van der Waals surface area (Å²) in [5.74, 6) is -0.0920. The lowest BCUT2D eigenvalue weighted by atomic mass is 10.2. The van der Waals surface area contributed by atoms with Crippen molar-refractivity contribution in [2.24, 2.45) is 0 Å². The number of methoxy groups -OCH3 is 1. The number of sulfonamides is 1. The van der Waals surface area contributed by atoms with Gasteiger partial charge in [-0.2, -0.15) is 0 Å². The fourth-order valence-electron chi connectivity index (χ4n) is 2.72. The van der Waals surface area contributed by atoms with Crippen molar-refractivity contribution in [3.8, 4) is 5.75 Å². The second-order valence-corrected chi connectivity index (χ2v) is 7.87. The highest BCUT2D eigenvalue weighted by Crippen LogP contribution is 2.31. The van der Waals surface area contributed by atoms with Gasteiger partial charge in [-0.15, -0.1) is 0 Å². The monoisotopic (exact) mass is 431 g/mol. The van der Waals surface area contributed by atoms with Crippen molar-refractivity contribution in [1.82, 2.24) is 0 Å². The molecule has 10 heteroatoms. The Morgan fingerprint density at radius 3 is 2.40 bits per heavy atom. The maximum absolute atomic E-state index is 13.1. The largest absolute Gasteiger partial charge is 0.495 e. The molecule has 3 rings (SSSR count). The minimum atomic E-state index is -4.20. The van der Waals surface area contributed by atoms with E-state index in [-0.39, 0.29) is 28.5 Å². The molecule has 3 aromatic carbocycles. The Morgan fingerprint density at radius 2 is 1.73 bits per heavy atom. The van der Waals surface area contributed by atoms with Crippen LogP contribution >= 0.6 is 0 Å². The molecule has 0 aliphatic heterocycles. The van der Waals surface area contributed by atoms with Crippen LogP contribution in [0.5, 0.6) is 5.75 Å². The van der Waals surface area contributed by atoms with Crippen LogP contribution in [-0.4, -0.2) is 20.5 Å². The van der Waals surface area contributed by atoms with Crippen molar-refractivity contribution in [2.45, 2.75) is 11.4 Å². The molecule has 0 fully saturated rings. The first kappa shape index (κ1) is 21.1. The van der Waals surface area contributed by atoms with Crippen molar-refractivity contribution in [3.05, 3.63) is 88.2 Å². The molecule has 0 aromatic heterocycles. The number of hydrogen-bond donors (Lipinski definition) is 2. The topological polar surface area (TPSA) is 111 Å². The standard InChI is InChI=1S/C20H18FN3O5S/c1-29-19-5-3-2-4-17(19)23-30(27,28)20-12-16(24(25)26)10-11-18(20)22-13-14-6-8-15(21)9-7-14/h2-12,22-23H,13H2,1H3. The van der Waals surface area contributed by atoms with Crippen LogP contribution in [0.15, 0.2) is 71.6 Å². The Labute approximate surface area is 172 Å². The molecule has 0 bridgehead atoms. The molecule has 0 atom stereocenters. The van der Waals surface area contributed by atoms with Gasteiger partial charge in [-0.1, -0.05) is 24.3 Å². The van der Waals surface area contributed by atoms with E-state index in [2.05, 4.69) is 10.0 Å². The van der Waals surface area contributed by atoms with Crippen molar-refractivity contribution < 1.29 is 22.5 Å². The molecular formula is C20H18FN3O5S. The van der Waals surface area contributed by atoms with Crippen LogP contribution in [-0.2, 0) is 16.6 Å². The molecule has 2 N–H and O–H groups in total. The first-order valence-corrected chi connectivity index (χ1v) is 10.2. The zero-order valence-corrected chi connectivity index (χ0v) is 16.6. The Kier molecular flexibility index (Phi) is 6.17. The minimum absolute atomic E-state index is 0.160.